The van der Waals surface area contributed by atoms with Crippen molar-refractivity contribution in [1.29, 1.82) is 0 Å². The first kappa shape index (κ1) is 16.5. The molecular weight excluding hydrogens is 342 g/mol. The van der Waals surface area contributed by atoms with Crippen molar-refractivity contribution in [2.45, 2.75) is 24.7 Å². The van der Waals surface area contributed by atoms with Crippen LogP contribution in [0.5, 0.6) is 6.01 Å². The van der Waals surface area contributed by atoms with Crippen LogP contribution in [0.1, 0.15) is 23.2 Å². The number of carbonyl (C=O) groups excluding carboxylic acids is 1. The Balaban J connectivity index is 1.59. The lowest BCUT2D eigenvalue weighted by molar-refractivity contribution is -0.121. The second-order valence-corrected chi connectivity index (χ2v) is 7.45. The zero-order valence-corrected chi connectivity index (χ0v) is 15.4. The number of anilines is 2. The Hall–Kier alpha value is -2.67. The summed E-state index contributed by atoms with van der Waals surface area (Å²) in [6, 6.07) is 8.38. The number of aromatic nitrogens is 2. The highest BCUT2D eigenvalue weighted by molar-refractivity contribution is 6.06. The highest BCUT2D eigenvalue weighted by Crippen LogP contribution is 2.47. The lowest BCUT2D eigenvalue weighted by Crippen LogP contribution is -2.45. The Bertz CT molecular complexity index is 909. The van der Waals surface area contributed by atoms with E-state index in [9.17, 15) is 4.79 Å². The van der Waals surface area contributed by atoms with Crippen LogP contribution >= 0.6 is 0 Å². The number of hydrogen-bond donors (Lipinski definition) is 2. The normalized spacial score (nSPS) is 23.7. The van der Waals surface area contributed by atoms with E-state index in [1.807, 2.05) is 18.2 Å². The van der Waals surface area contributed by atoms with Crippen LogP contribution in [-0.2, 0) is 23.1 Å². The average molecular weight is 365 g/mol. The number of amides is 1. The number of nitrogens with zero attached hydrogens (tertiary/aromatic N) is 3. The van der Waals surface area contributed by atoms with Crippen molar-refractivity contribution in [2.75, 3.05) is 43.5 Å². The Labute approximate surface area is 158 Å². The van der Waals surface area contributed by atoms with Gasteiger partial charge in [-0.2, -0.15) is 9.97 Å². The fourth-order valence-corrected chi connectivity index (χ4v) is 4.64. The SMILES string of the molecule is COc1nc2c(c(N3CCNCC3)n1)CCC1(C2)C(=O)Nc2ccccc21. The number of fused-ring (bicyclic) bond motifs is 3. The predicted molar refractivity (Wildman–Crippen MR) is 102 cm³/mol. The summed E-state index contributed by atoms with van der Waals surface area (Å²) in [4.78, 5) is 24.6. The highest BCUT2D eigenvalue weighted by Gasteiger charge is 2.49. The molecule has 1 fully saturated rings. The van der Waals surface area contributed by atoms with E-state index in [1.54, 1.807) is 7.11 Å². The minimum Gasteiger partial charge on any atom is -0.467 e. The number of carbonyl (C=O) groups is 1. The van der Waals surface area contributed by atoms with Gasteiger partial charge in [-0.15, -0.1) is 0 Å². The molecule has 2 aliphatic heterocycles. The van der Waals surface area contributed by atoms with Crippen LogP contribution in [0.25, 0.3) is 0 Å². The van der Waals surface area contributed by atoms with Gasteiger partial charge in [0, 0.05) is 43.9 Å². The quantitative estimate of drug-likeness (QED) is 0.835. The molecule has 1 atom stereocenters. The topological polar surface area (TPSA) is 79.4 Å². The summed E-state index contributed by atoms with van der Waals surface area (Å²) in [5.74, 6) is 1.05. The van der Waals surface area contributed by atoms with E-state index in [4.69, 9.17) is 4.74 Å². The Morgan fingerprint density at radius 1 is 1.19 bits per heavy atom. The molecule has 1 aromatic carbocycles. The Morgan fingerprint density at radius 2 is 2.00 bits per heavy atom. The Kier molecular flexibility index (Phi) is 3.79. The van der Waals surface area contributed by atoms with E-state index in [0.29, 0.717) is 12.4 Å². The molecule has 1 aliphatic carbocycles. The monoisotopic (exact) mass is 365 g/mol. The number of nitrogens with one attached hydrogen (secondary N) is 2. The van der Waals surface area contributed by atoms with Gasteiger partial charge in [0.25, 0.3) is 0 Å². The maximum Gasteiger partial charge on any atom is 0.318 e. The number of methoxy groups -OCH3 is 1. The number of hydrogen-bond acceptors (Lipinski definition) is 6. The second kappa shape index (κ2) is 6.20. The average Bonchev–Trinajstić information content (AvgIpc) is 2.99. The van der Waals surface area contributed by atoms with E-state index < -0.39 is 5.41 Å². The molecule has 3 aliphatic rings. The summed E-state index contributed by atoms with van der Waals surface area (Å²) >= 11 is 0. The first-order chi connectivity index (χ1) is 13.2. The van der Waals surface area contributed by atoms with Gasteiger partial charge in [0.1, 0.15) is 5.82 Å². The summed E-state index contributed by atoms with van der Waals surface area (Å²) in [5.41, 5.74) is 3.58. The van der Waals surface area contributed by atoms with E-state index in [1.165, 1.54) is 5.56 Å². The number of para-hydroxylation sites is 1. The second-order valence-electron chi connectivity index (χ2n) is 7.45. The first-order valence-electron chi connectivity index (χ1n) is 9.52. The maximum atomic E-state index is 13.0. The molecule has 27 heavy (non-hydrogen) atoms. The molecule has 140 valence electrons. The van der Waals surface area contributed by atoms with Gasteiger partial charge in [-0.25, -0.2) is 0 Å². The van der Waals surface area contributed by atoms with E-state index in [2.05, 4.69) is 31.6 Å². The molecule has 5 rings (SSSR count). The minimum atomic E-state index is -0.538. The van der Waals surface area contributed by atoms with Crippen molar-refractivity contribution in [3.8, 4) is 6.01 Å². The third-order valence-electron chi connectivity index (χ3n) is 6.05. The Morgan fingerprint density at radius 3 is 2.81 bits per heavy atom. The summed E-state index contributed by atoms with van der Waals surface area (Å²) in [6.45, 7) is 3.73. The minimum absolute atomic E-state index is 0.0793. The third-order valence-corrected chi connectivity index (χ3v) is 6.05. The molecule has 0 radical (unpaired) electrons. The number of rotatable bonds is 2. The van der Waals surface area contributed by atoms with Crippen molar-refractivity contribution in [3.63, 3.8) is 0 Å². The van der Waals surface area contributed by atoms with Crippen LogP contribution in [-0.4, -0.2) is 49.2 Å². The summed E-state index contributed by atoms with van der Waals surface area (Å²) in [5, 5.41) is 6.44. The number of benzene rings is 1. The van der Waals surface area contributed by atoms with Crippen molar-refractivity contribution in [1.82, 2.24) is 15.3 Å². The fourth-order valence-electron chi connectivity index (χ4n) is 4.64. The lowest BCUT2D eigenvalue weighted by atomic mass is 9.69. The van der Waals surface area contributed by atoms with Gasteiger partial charge in [-0.3, -0.25) is 4.79 Å². The zero-order valence-electron chi connectivity index (χ0n) is 15.4. The summed E-state index contributed by atoms with van der Waals surface area (Å²) < 4.78 is 5.39. The molecule has 1 saturated heterocycles. The molecule has 7 heteroatoms. The molecule has 3 heterocycles. The van der Waals surface area contributed by atoms with Crippen molar-refractivity contribution >= 4 is 17.4 Å². The molecule has 1 spiro atoms. The van der Waals surface area contributed by atoms with Gasteiger partial charge in [0.05, 0.1) is 18.2 Å². The van der Waals surface area contributed by atoms with Crippen molar-refractivity contribution in [2.24, 2.45) is 0 Å². The smallest absolute Gasteiger partial charge is 0.318 e. The number of piperazine rings is 1. The van der Waals surface area contributed by atoms with Crippen molar-refractivity contribution < 1.29 is 9.53 Å². The van der Waals surface area contributed by atoms with Crippen molar-refractivity contribution in [3.05, 3.63) is 41.1 Å². The van der Waals surface area contributed by atoms with Crippen LogP contribution in [0, 0.1) is 0 Å². The van der Waals surface area contributed by atoms with Crippen LogP contribution in [0.3, 0.4) is 0 Å². The van der Waals surface area contributed by atoms with Crippen LogP contribution in [0.15, 0.2) is 24.3 Å². The summed E-state index contributed by atoms with van der Waals surface area (Å²) in [6.07, 6.45) is 2.15. The zero-order chi connectivity index (χ0) is 18.4. The molecule has 1 aromatic heterocycles. The van der Waals surface area contributed by atoms with Gasteiger partial charge in [-0.1, -0.05) is 18.2 Å². The first-order valence-corrected chi connectivity index (χ1v) is 9.52. The molecular formula is C20H23N5O2. The molecule has 1 amide bonds. The molecule has 0 saturated carbocycles. The lowest BCUT2D eigenvalue weighted by Gasteiger charge is -2.36. The van der Waals surface area contributed by atoms with E-state index in [0.717, 1.165) is 61.8 Å². The molecule has 1 unspecified atom stereocenters. The van der Waals surface area contributed by atoms with Gasteiger partial charge < -0.3 is 20.3 Å². The van der Waals surface area contributed by atoms with Gasteiger partial charge in [0.15, 0.2) is 0 Å². The largest absolute Gasteiger partial charge is 0.467 e. The summed E-state index contributed by atoms with van der Waals surface area (Å²) in [7, 11) is 1.60. The predicted octanol–water partition coefficient (Wildman–Crippen LogP) is 1.27. The molecule has 0 bridgehead atoms. The fraction of sp³-hybridized carbons (Fsp3) is 0.450. The third kappa shape index (κ3) is 2.49. The van der Waals surface area contributed by atoms with Gasteiger partial charge in [-0.05, 0) is 24.5 Å². The van der Waals surface area contributed by atoms with Gasteiger partial charge >= 0.3 is 6.01 Å². The maximum absolute atomic E-state index is 13.0. The number of ether oxygens (including phenoxy) is 1. The van der Waals surface area contributed by atoms with Gasteiger partial charge in [0.2, 0.25) is 5.91 Å². The van der Waals surface area contributed by atoms with E-state index in [-0.39, 0.29) is 5.91 Å². The molecule has 2 aromatic rings. The van der Waals surface area contributed by atoms with Crippen LogP contribution < -0.4 is 20.3 Å². The van der Waals surface area contributed by atoms with E-state index >= 15 is 0 Å². The standard InChI is InChI=1S/C20H23N5O2/c1-27-19-23-16-12-20(14-4-2-3-5-15(14)22-18(20)26)7-6-13(16)17(24-19)25-10-8-21-9-11-25/h2-5,21H,6-12H2,1H3,(H,22,26). The van der Waals surface area contributed by atoms with Crippen LogP contribution in [0.2, 0.25) is 0 Å². The van der Waals surface area contributed by atoms with Crippen LogP contribution in [0.4, 0.5) is 11.5 Å². The molecule has 7 nitrogen and oxygen atoms in total. The molecule has 2 N–H and O–H groups in total. The highest BCUT2D eigenvalue weighted by atomic mass is 16.5.